The van der Waals surface area contributed by atoms with Crippen molar-refractivity contribution in [1.82, 2.24) is 49.5 Å². The second kappa shape index (κ2) is 25.5. The smallest absolute Gasteiger partial charge is 0.334 e. The number of aromatic amines is 1. The Morgan fingerprint density at radius 2 is 1.09 bits per heavy atom. The minimum atomic E-state index is -0.508. The van der Waals surface area contributed by atoms with Crippen LogP contribution in [0.4, 0.5) is 34.4 Å². The normalized spacial score (nSPS) is 14.4. The van der Waals surface area contributed by atoms with Gasteiger partial charge in [-0.3, -0.25) is 59.4 Å². The van der Waals surface area contributed by atoms with Crippen molar-refractivity contribution in [2.24, 2.45) is 0 Å². The van der Waals surface area contributed by atoms with E-state index >= 15 is 0 Å². The summed E-state index contributed by atoms with van der Waals surface area (Å²) in [7, 11) is 1.59. The number of benzene rings is 3. The van der Waals surface area contributed by atoms with Gasteiger partial charge in [-0.2, -0.15) is 0 Å². The number of nitrogens with zero attached hydrogens (tertiary/aromatic N) is 11. The van der Waals surface area contributed by atoms with Gasteiger partial charge in [0.2, 0.25) is 11.6 Å². The number of nitrogens with one attached hydrogen (secondary N) is 3. The predicted octanol–water partition coefficient (Wildman–Crippen LogP) is 9.10. The number of pyridine rings is 2. The van der Waals surface area contributed by atoms with Crippen LogP contribution in [0.3, 0.4) is 0 Å². The fourth-order valence-corrected chi connectivity index (χ4v) is 9.63. The Bertz CT molecular complexity index is 3240. The van der Waals surface area contributed by atoms with Crippen molar-refractivity contribution in [2.45, 2.75) is 47.3 Å². The van der Waals surface area contributed by atoms with E-state index in [0.717, 1.165) is 82.4 Å². The number of H-pyrrole nitrogens is 1. The molecule has 77 heavy (non-hydrogen) atoms. The van der Waals surface area contributed by atoms with Gasteiger partial charge in [-0.25, -0.2) is 0 Å². The van der Waals surface area contributed by atoms with Crippen molar-refractivity contribution in [3.8, 4) is 5.75 Å². The lowest BCUT2D eigenvalue weighted by Crippen LogP contribution is -2.45. The van der Waals surface area contributed by atoms with Crippen molar-refractivity contribution in [3.05, 3.63) is 178 Å². The van der Waals surface area contributed by atoms with E-state index in [1.807, 2.05) is 24.3 Å². The van der Waals surface area contributed by atoms with Gasteiger partial charge < -0.3 is 25.2 Å². The third kappa shape index (κ3) is 13.5. The molecule has 21 nitrogen and oxygen atoms in total. The number of carbonyl (C=O) groups is 2. The average molecular weight is 1090 g/mol. The minimum absolute atomic E-state index is 0.0319. The highest BCUT2D eigenvalue weighted by Gasteiger charge is 2.29. The molecular weight excluding hydrogens is 1030 g/mol. The van der Waals surface area contributed by atoms with Crippen molar-refractivity contribution < 1.29 is 24.2 Å². The maximum atomic E-state index is 13.7. The standard InChI is InChI=1S/C31H34ClN7O4.C23H26ClN7O3/c1-4-36-13-15-37(16-14-36)20-23-17-28(26(18-33-23)30(40)25-7-5-6-8-27(25)32)34-31-29(39(41)42)21(2)38(35-31)19-22-9-11-24(43-3)12-10-22;1-3-29-8-10-30(11-9-29)14-16-12-20(26-23-21(31(33)34)15(2)27-28-23)18(13-25-16)22(32)17-6-4-5-7-19(17)24/h5-12,17-18H,4,13-16,19-20H2,1-3H3,(H,33,34,35);4-7,12-13H,3,8-11,14H2,1-2H3,(H2,25,26,27,28). The minimum Gasteiger partial charge on any atom is -0.497 e. The Kier molecular flexibility index (Phi) is 18.4. The Morgan fingerprint density at radius 1 is 0.636 bits per heavy atom. The second-order valence-corrected chi connectivity index (χ2v) is 19.4. The molecule has 2 aliphatic rings. The number of piperazine rings is 2. The number of hydrogen-bond donors (Lipinski definition) is 3. The van der Waals surface area contributed by atoms with Crippen LogP contribution < -0.4 is 15.4 Å². The van der Waals surface area contributed by atoms with Crippen LogP contribution in [-0.2, 0) is 19.6 Å². The number of ketones is 2. The summed E-state index contributed by atoms with van der Waals surface area (Å²) < 4.78 is 6.81. The van der Waals surface area contributed by atoms with Crippen LogP contribution >= 0.6 is 23.2 Å². The first kappa shape index (κ1) is 55.6. The summed E-state index contributed by atoms with van der Waals surface area (Å²) in [6, 6.07) is 24.5. The molecule has 3 aromatic carbocycles. The predicted molar refractivity (Wildman–Crippen MR) is 295 cm³/mol. The summed E-state index contributed by atoms with van der Waals surface area (Å²) >= 11 is 12.6. The van der Waals surface area contributed by atoms with Gasteiger partial charge in [-0.1, -0.05) is 73.4 Å². The molecule has 2 aliphatic heterocycles. The Labute approximate surface area is 455 Å². The first-order chi connectivity index (χ1) is 37.1. The summed E-state index contributed by atoms with van der Waals surface area (Å²) in [5.41, 5.74) is 4.63. The van der Waals surface area contributed by atoms with Gasteiger partial charge in [0.25, 0.3) is 0 Å². The Morgan fingerprint density at radius 3 is 1.53 bits per heavy atom. The van der Waals surface area contributed by atoms with E-state index in [0.29, 0.717) is 69.3 Å². The van der Waals surface area contributed by atoms with Crippen LogP contribution in [0.2, 0.25) is 10.0 Å². The highest BCUT2D eigenvalue weighted by molar-refractivity contribution is 6.35. The van der Waals surface area contributed by atoms with Gasteiger partial charge in [-0.15, -0.1) is 10.2 Å². The van der Waals surface area contributed by atoms with Gasteiger partial charge in [0.15, 0.2) is 11.6 Å². The number of rotatable bonds is 19. The van der Waals surface area contributed by atoms with Crippen molar-refractivity contribution in [3.63, 3.8) is 0 Å². The van der Waals surface area contributed by atoms with E-state index in [1.165, 1.54) is 12.4 Å². The first-order valence-electron chi connectivity index (χ1n) is 25.2. The second-order valence-electron chi connectivity index (χ2n) is 18.6. The number of likely N-dealkylation sites (N-methyl/N-ethyl adjacent to an activating group) is 2. The largest absolute Gasteiger partial charge is 0.497 e. The molecule has 4 aromatic heterocycles. The van der Waals surface area contributed by atoms with E-state index in [2.05, 4.69) is 69.3 Å². The average Bonchev–Trinajstić information content (AvgIpc) is 3.97. The number of ether oxygens (including phenoxy) is 1. The summed E-state index contributed by atoms with van der Waals surface area (Å²) in [5, 5.41) is 41.8. The maximum absolute atomic E-state index is 13.7. The molecule has 9 rings (SSSR count). The molecule has 0 bridgehead atoms. The lowest BCUT2D eigenvalue weighted by atomic mass is 10.0. The monoisotopic (exact) mass is 1090 g/mol. The molecule has 6 heterocycles. The highest BCUT2D eigenvalue weighted by Crippen LogP contribution is 2.35. The molecule has 2 saturated heterocycles. The molecule has 0 atom stereocenters. The van der Waals surface area contributed by atoms with Gasteiger partial charge >= 0.3 is 11.4 Å². The fraction of sp³-hybridized carbons (Fsp3) is 0.333. The molecule has 3 N–H and O–H groups in total. The Hall–Kier alpha value is -7.66. The third-order valence-corrected chi connectivity index (χ3v) is 14.4. The van der Waals surface area contributed by atoms with Gasteiger partial charge in [0.05, 0.1) is 67.4 Å². The molecule has 0 aliphatic carbocycles. The van der Waals surface area contributed by atoms with Gasteiger partial charge in [0, 0.05) is 89.0 Å². The quantitative estimate of drug-likeness (QED) is 0.0389. The zero-order chi connectivity index (χ0) is 54.8. The molecular formula is C54H60Cl2N14O7. The SMILES string of the molecule is CCN1CCN(Cc2cc(Nc3n[nH]c(C)c3[N+](=O)[O-])c(C(=O)c3ccccc3Cl)cn2)CC1.CCN1CCN(Cc2cc(Nc3nn(Cc4ccc(OC)cc4)c(C)c3[N+](=O)[O-])c(C(=O)c3ccccc3Cl)cn2)CC1. The lowest BCUT2D eigenvalue weighted by Gasteiger charge is -2.33. The summed E-state index contributed by atoms with van der Waals surface area (Å²) in [6.07, 6.45) is 3.01. The van der Waals surface area contributed by atoms with Crippen molar-refractivity contribution in [2.75, 3.05) is 83.2 Å². The molecule has 0 amide bonds. The number of aromatic nitrogens is 6. The van der Waals surface area contributed by atoms with Crippen molar-refractivity contribution >= 4 is 69.2 Å². The zero-order valence-corrected chi connectivity index (χ0v) is 45.0. The fourth-order valence-electron chi connectivity index (χ4n) is 9.19. The summed E-state index contributed by atoms with van der Waals surface area (Å²) in [4.78, 5) is 68.4. The number of hydrogen-bond acceptors (Lipinski definition) is 17. The Balaban J connectivity index is 0.000000209. The lowest BCUT2D eigenvalue weighted by molar-refractivity contribution is -0.384. The number of methoxy groups -OCH3 is 1. The molecule has 23 heteroatoms. The number of anilines is 4. The zero-order valence-electron chi connectivity index (χ0n) is 43.5. The van der Waals surface area contributed by atoms with Crippen LogP contribution in [-0.4, -0.2) is 144 Å². The molecule has 0 saturated carbocycles. The summed E-state index contributed by atoms with van der Waals surface area (Å²) in [6.45, 7) is 18.7. The molecule has 2 fully saturated rings. The molecule has 7 aromatic rings. The van der Waals surface area contributed by atoms with E-state index in [-0.39, 0.29) is 45.7 Å². The van der Waals surface area contributed by atoms with Crippen LogP contribution in [0.15, 0.2) is 97.3 Å². The van der Waals surface area contributed by atoms with E-state index in [9.17, 15) is 29.8 Å². The van der Waals surface area contributed by atoms with E-state index < -0.39 is 9.85 Å². The number of aryl methyl sites for hydroxylation is 1. The van der Waals surface area contributed by atoms with Crippen LogP contribution in [0, 0.1) is 34.1 Å². The van der Waals surface area contributed by atoms with Crippen LogP contribution in [0.5, 0.6) is 5.75 Å². The molecule has 0 radical (unpaired) electrons. The van der Waals surface area contributed by atoms with Crippen LogP contribution in [0.25, 0.3) is 0 Å². The number of nitro groups is 2. The molecule has 0 spiro atoms. The summed E-state index contributed by atoms with van der Waals surface area (Å²) in [5.74, 6) is 0.104. The number of carbonyl (C=O) groups excluding carboxylic acids is 2. The van der Waals surface area contributed by atoms with Gasteiger partial charge in [0.1, 0.15) is 17.1 Å². The third-order valence-electron chi connectivity index (χ3n) is 13.7. The number of halogens is 2. The molecule has 402 valence electrons. The molecule has 0 unspecified atom stereocenters. The van der Waals surface area contributed by atoms with E-state index in [4.69, 9.17) is 27.9 Å². The first-order valence-corrected chi connectivity index (χ1v) is 25.9. The topological polar surface area (TPSA) is 239 Å². The van der Waals surface area contributed by atoms with Crippen molar-refractivity contribution in [1.29, 1.82) is 0 Å². The van der Waals surface area contributed by atoms with Crippen LogP contribution in [0.1, 0.15) is 74.0 Å². The maximum Gasteiger partial charge on any atom is 0.334 e. The highest BCUT2D eigenvalue weighted by atomic mass is 35.5. The van der Waals surface area contributed by atoms with Gasteiger partial charge in [-0.05, 0) is 81.0 Å². The van der Waals surface area contributed by atoms with E-state index in [1.54, 1.807) is 86.3 Å².